The van der Waals surface area contributed by atoms with E-state index in [4.69, 9.17) is 25.8 Å². The minimum atomic E-state index is -4.02. The highest BCUT2D eigenvalue weighted by Gasteiger charge is 2.22. The number of sulfonamides is 1. The van der Waals surface area contributed by atoms with E-state index in [0.717, 1.165) is 5.56 Å². The molecule has 0 fully saturated rings. The maximum Gasteiger partial charge on any atom is 0.263 e. The lowest BCUT2D eigenvalue weighted by molar-refractivity contribution is 0.305. The van der Waals surface area contributed by atoms with Crippen LogP contribution in [0.15, 0.2) is 59.9 Å². The SMILES string of the molecule is COc1ccc(COc2cc3cncnc3nc2NS(=O)(=O)c2cccc(Cl)c2C)cc1OC. The quantitative estimate of drug-likeness (QED) is 0.379. The lowest BCUT2D eigenvalue weighted by Crippen LogP contribution is -2.16. The topological polar surface area (TPSA) is 113 Å². The van der Waals surface area contributed by atoms with Gasteiger partial charge in [-0.3, -0.25) is 4.72 Å². The maximum absolute atomic E-state index is 13.2. The normalized spacial score (nSPS) is 11.3. The second-order valence-corrected chi connectivity index (χ2v) is 9.28. The molecule has 2 heterocycles. The summed E-state index contributed by atoms with van der Waals surface area (Å²) in [6.07, 6.45) is 2.90. The van der Waals surface area contributed by atoms with Gasteiger partial charge >= 0.3 is 0 Å². The molecule has 1 N–H and O–H groups in total. The Balaban J connectivity index is 1.70. The average Bonchev–Trinajstić information content (AvgIpc) is 2.83. The van der Waals surface area contributed by atoms with Crippen molar-refractivity contribution in [2.75, 3.05) is 18.9 Å². The first-order valence-corrected chi connectivity index (χ1v) is 11.9. The molecular formula is C23H21ClN4O5S. The number of halogens is 1. The first-order valence-electron chi connectivity index (χ1n) is 10.0. The summed E-state index contributed by atoms with van der Waals surface area (Å²) in [4.78, 5) is 12.5. The van der Waals surface area contributed by atoms with Crippen LogP contribution in [0.1, 0.15) is 11.1 Å². The van der Waals surface area contributed by atoms with Crippen molar-refractivity contribution >= 4 is 38.5 Å². The number of pyridine rings is 1. The van der Waals surface area contributed by atoms with Crippen LogP contribution in [0.2, 0.25) is 5.02 Å². The molecule has 2 aromatic carbocycles. The summed E-state index contributed by atoms with van der Waals surface area (Å²) in [5.74, 6) is 1.33. The maximum atomic E-state index is 13.2. The van der Waals surface area contributed by atoms with E-state index in [2.05, 4.69) is 19.7 Å². The van der Waals surface area contributed by atoms with Gasteiger partial charge in [-0.15, -0.1) is 0 Å². The Morgan fingerprint density at radius 3 is 2.59 bits per heavy atom. The molecule has 0 saturated heterocycles. The molecule has 2 aromatic heterocycles. The predicted octanol–water partition coefficient (Wildman–Crippen LogP) is 4.38. The van der Waals surface area contributed by atoms with Crippen LogP contribution in [0.3, 0.4) is 0 Å². The van der Waals surface area contributed by atoms with Crippen molar-refractivity contribution in [1.82, 2.24) is 15.0 Å². The zero-order valence-corrected chi connectivity index (χ0v) is 20.1. The molecule has 0 aliphatic carbocycles. The van der Waals surface area contributed by atoms with Crippen LogP contribution in [0.25, 0.3) is 11.0 Å². The van der Waals surface area contributed by atoms with Gasteiger partial charge in [-0.05, 0) is 48.4 Å². The van der Waals surface area contributed by atoms with Gasteiger partial charge in [0.1, 0.15) is 12.9 Å². The Hall–Kier alpha value is -3.63. The first-order chi connectivity index (χ1) is 16.3. The molecule has 4 aromatic rings. The smallest absolute Gasteiger partial charge is 0.263 e. The molecule has 4 rings (SSSR count). The molecule has 34 heavy (non-hydrogen) atoms. The van der Waals surface area contributed by atoms with Crippen LogP contribution in [-0.4, -0.2) is 37.6 Å². The van der Waals surface area contributed by atoms with Crippen molar-refractivity contribution in [2.24, 2.45) is 0 Å². The van der Waals surface area contributed by atoms with Gasteiger partial charge in [0.15, 0.2) is 28.7 Å². The van der Waals surface area contributed by atoms with Crippen LogP contribution >= 0.6 is 11.6 Å². The Morgan fingerprint density at radius 1 is 1.03 bits per heavy atom. The van der Waals surface area contributed by atoms with E-state index < -0.39 is 10.0 Å². The number of rotatable bonds is 8. The van der Waals surface area contributed by atoms with Gasteiger partial charge in [-0.2, -0.15) is 0 Å². The largest absolute Gasteiger partial charge is 0.493 e. The summed E-state index contributed by atoms with van der Waals surface area (Å²) in [5, 5.41) is 0.929. The van der Waals surface area contributed by atoms with Crippen LogP contribution in [0.5, 0.6) is 17.2 Å². The molecule has 0 radical (unpaired) electrons. The number of hydrogen-bond donors (Lipinski definition) is 1. The number of ether oxygens (including phenoxy) is 3. The number of fused-ring (bicyclic) bond motifs is 1. The van der Waals surface area contributed by atoms with Crippen molar-refractivity contribution in [3.05, 3.63) is 71.1 Å². The molecule has 0 atom stereocenters. The van der Waals surface area contributed by atoms with Gasteiger partial charge in [0.05, 0.1) is 19.1 Å². The predicted molar refractivity (Wildman–Crippen MR) is 128 cm³/mol. The Labute approximate surface area is 201 Å². The van der Waals surface area contributed by atoms with Gasteiger partial charge in [0.2, 0.25) is 0 Å². The third kappa shape index (κ3) is 4.82. The molecular weight excluding hydrogens is 480 g/mol. The van der Waals surface area contributed by atoms with Crippen molar-refractivity contribution < 1.29 is 22.6 Å². The van der Waals surface area contributed by atoms with E-state index in [9.17, 15) is 8.42 Å². The zero-order chi connectivity index (χ0) is 24.3. The van der Waals surface area contributed by atoms with Gasteiger partial charge in [0.25, 0.3) is 10.0 Å². The van der Waals surface area contributed by atoms with E-state index >= 15 is 0 Å². The van der Waals surface area contributed by atoms with Gasteiger partial charge in [-0.1, -0.05) is 23.7 Å². The van der Waals surface area contributed by atoms with E-state index in [-0.39, 0.29) is 23.1 Å². The summed E-state index contributed by atoms with van der Waals surface area (Å²) < 4.78 is 45.4. The van der Waals surface area contributed by atoms with Crippen molar-refractivity contribution in [3.63, 3.8) is 0 Å². The van der Waals surface area contributed by atoms with Crippen molar-refractivity contribution in [1.29, 1.82) is 0 Å². The minimum Gasteiger partial charge on any atom is -0.493 e. The highest BCUT2D eigenvalue weighted by Crippen LogP contribution is 2.32. The summed E-state index contributed by atoms with van der Waals surface area (Å²) >= 11 is 6.13. The molecule has 9 nitrogen and oxygen atoms in total. The van der Waals surface area contributed by atoms with E-state index in [1.165, 1.54) is 12.4 Å². The highest BCUT2D eigenvalue weighted by atomic mass is 35.5. The fourth-order valence-corrected chi connectivity index (χ4v) is 4.79. The molecule has 0 spiro atoms. The number of methoxy groups -OCH3 is 2. The average molecular weight is 501 g/mol. The van der Waals surface area contributed by atoms with E-state index in [1.54, 1.807) is 57.7 Å². The molecule has 0 amide bonds. The second-order valence-electron chi connectivity index (χ2n) is 7.22. The summed E-state index contributed by atoms with van der Waals surface area (Å²) in [6, 6.07) is 11.6. The summed E-state index contributed by atoms with van der Waals surface area (Å²) in [6.45, 7) is 1.75. The number of benzene rings is 2. The fourth-order valence-electron chi connectivity index (χ4n) is 3.28. The summed E-state index contributed by atoms with van der Waals surface area (Å²) in [7, 11) is -0.923. The lowest BCUT2D eigenvalue weighted by Gasteiger charge is -2.15. The molecule has 176 valence electrons. The fraction of sp³-hybridized carbons (Fsp3) is 0.174. The minimum absolute atomic E-state index is 0.00829. The second kappa shape index (κ2) is 9.70. The molecule has 0 aliphatic heterocycles. The van der Waals surface area contributed by atoms with Gasteiger partial charge < -0.3 is 14.2 Å². The van der Waals surface area contributed by atoms with Gasteiger partial charge in [0, 0.05) is 16.6 Å². The number of nitrogens with one attached hydrogen (secondary N) is 1. The molecule has 0 saturated carbocycles. The summed E-state index contributed by atoms with van der Waals surface area (Å²) in [5.41, 5.74) is 1.52. The van der Waals surface area contributed by atoms with E-state index in [0.29, 0.717) is 33.1 Å². The van der Waals surface area contributed by atoms with Crippen molar-refractivity contribution in [2.45, 2.75) is 18.4 Å². The molecule has 0 bridgehead atoms. The first kappa shape index (κ1) is 23.5. The molecule has 0 unspecified atom stereocenters. The number of hydrogen-bond acceptors (Lipinski definition) is 8. The number of anilines is 1. The third-order valence-electron chi connectivity index (χ3n) is 5.04. The van der Waals surface area contributed by atoms with E-state index in [1.807, 2.05) is 6.07 Å². The highest BCUT2D eigenvalue weighted by molar-refractivity contribution is 7.92. The lowest BCUT2D eigenvalue weighted by atomic mass is 10.2. The molecule has 11 heteroatoms. The Morgan fingerprint density at radius 2 is 1.82 bits per heavy atom. The van der Waals surface area contributed by atoms with Crippen LogP contribution in [-0.2, 0) is 16.6 Å². The number of nitrogens with zero attached hydrogens (tertiary/aromatic N) is 3. The Kier molecular flexibility index (Phi) is 6.71. The third-order valence-corrected chi connectivity index (χ3v) is 6.93. The van der Waals surface area contributed by atoms with Crippen LogP contribution < -0.4 is 18.9 Å². The molecule has 0 aliphatic rings. The van der Waals surface area contributed by atoms with Crippen LogP contribution in [0.4, 0.5) is 5.82 Å². The standard InChI is InChI=1S/C23H21ClN4O5S/c1-14-17(24)5-4-6-21(14)34(29,30)28-23-20(10-16-11-25-13-26-22(16)27-23)33-12-15-7-8-18(31-2)19(9-15)32-3/h4-11,13H,12H2,1-3H3,(H,25,26,27,28). The van der Waals surface area contributed by atoms with Gasteiger partial charge in [-0.25, -0.2) is 23.4 Å². The zero-order valence-electron chi connectivity index (χ0n) is 18.6. The van der Waals surface area contributed by atoms with Crippen LogP contribution in [0, 0.1) is 6.92 Å². The van der Waals surface area contributed by atoms with Crippen molar-refractivity contribution in [3.8, 4) is 17.2 Å². The number of aromatic nitrogens is 3. The Bertz CT molecular complexity index is 1460. The monoisotopic (exact) mass is 500 g/mol.